The molecule has 8 heteroatoms. The Kier molecular flexibility index (Phi) is 5.39. The van der Waals surface area contributed by atoms with Crippen LogP contribution in [0.5, 0.6) is 0 Å². The zero-order valence-corrected chi connectivity index (χ0v) is 9.80. The minimum absolute atomic E-state index is 0.496. The molecule has 0 aromatic heterocycles. The summed E-state index contributed by atoms with van der Waals surface area (Å²) in [5.74, 6) is -2.70. The van der Waals surface area contributed by atoms with Crippen molar-refractivity contribution in [2.45, 2.75) is 26.4 Å². The van der Waals surface area contributed by atoms with E-state index in [0.29, 0.717) is 4.90 Å². The van der Waals surface area contributed by atoms with Crippen LogP contribution in [0.3, 0.4) is 0 Å². The van der Waals surface area contributed by atoms with E-state index in [4.69, 9.17) is 10.2 Å². The van der Waals surface area contributed by atoms with Gasteiger partial charge in [-0.2, -0.15) is 4.89 Å². The number of nitrogens with zero attached hydrogens (tertiary/aromatic N) is 1. The molecule has 0 fully saturated rings. The van der Waals surface area contributed by atoms with E-state index in [1.807, 2.05) is 0 Å². The molecular formula is C9H15NO7. The molecule has 0 aromatic carbocycles. The van der Waals surface area contributed by atoms with Gasteiger partial charge in [0.2, 0.25) is 0 Å². The maximum Gasteiger partial charge on any atom is 0.442 e. The standard InChI is InChI=1S/C9H15NO7/c1-9(2,3)17-16-8(15)10(4-6(11)12)5-7(13)14/h4-5H2,1-3H3,(H,11,12)(H,13,14). The van der Waals surface area contributed by atoms with Crippen molar-refractivity contribution in [2.75, 3.05) is 13.1 Å². The average Bonchev–Trinajstić information content (AvgIpc) is 2.10. The lowest BCUT2D eigenvalue weighted by molar-refractivity contribution is -0.305. The third-order valence-corrected chi connectivity index (χ3v) is 1.27. The van der Waals surface area contributed by atoms with E-state index in [0.717, 1.165) is 0 Å². The summed E-state index contributed by atoms with van der Waals surface area (Å²) in [6.07, 6.45) is -1.16. The van der Waals surface area contributed by atoms with Crippen molar-refractivity contribution >= 4 is 18.0 Å². The maximum atomic E-state index is 11.3. The number of carbonyl (C=O) groups excluding carboxylic acids is 1. The predicted molar refractivity (Wildman–Crippen MR) is 54.2 cm³/mol. The first-order chi connectivity index (χ1) is 7.61. The molecule has 0 aliphatic rings. The molecule has 0 radical (unpaired) electrons. The summed E-state index contributed by atoms with van der Waals surface area (Å²) in [5, 5.41) is 17.0. The van der Waals surface area contributed by atoms with Crippen LogP contribution < -0.4 is 0 Å². The molecule has 0 rings (SSSR count). The second-order valence-electron chi connectivity index (χ2n) is 4.19. The minimum Gasteiger partial charge on any atom is -0.480 e. The summed E-state index contributed by atoms with van der Waals surface area (Å²) in [7, 11) is 0. The van der Waals surface area contributed by atoms with Gasteiger partial charge in [-0.25, -0.2) is 4.79 Å². The SMILES string of the molecule is CC(C)(C)OOC(=O)N(CC(=O)O)CC(=O)O. The zero-order valence-electron chi connectivity index (χ0n) is 9.80. The molecule has 0 heterocycles. The van der Waals surface area contributed by atoms with Gasteiger partial charge in [0.1, 0.15) is 18.7 Å². The molecule has 98 valence electrons. The van der Waals surface area contributed by atoms with Crippen molar-refractivity contribution in [3.63, 3.8) is 0 Å². The van der Waals surface area contributed by atoms with Crippen molar-refractivity contribution < 1.29 is 34.4 Å². The van der Waals surface area contributed by atoms with Gasteiger partial charge in [0.05, 0.1) is 0 Å². The first-order valence-corrected chi connectivity index (χ1v) is 4.70. The highest BCUT2D eigenvalue weighted by molar-refractivity contribution is 5.81. The highest BCUT2D eigenvalue weighted by atomic mass is 17.2. The molecule has 0 saturated carbocycles. The predicted octanol–water partition coefficient (Wildman–Crippen LogP) is 0.324. The Morgan fingerprint density at radius 1 is 1.06 bits per heavy atom. The zero-order chi connectivity index (χ0) is 13.6. The monoisotopic (exact) mass is 249 g/mol. The summed E-state index contributed by atoms with van der Waals surface area (Å²) in [4.78, 5) is 41.6. The Labute approximate surface area is 97.6 Å². The van der Waals surface area contributed by atoms with Gasteiger partial charge in [0, 0.05) is 0 Å². The van der Waals surface area contributed by atoms with Gasteiger partial charge in [-0.15, -0.1) is 0 Å². The van der Waals surface area contributed by atoms with E-state index >= 15 is 0 Å². The van der Waals surface area contributed by atoms with Crippen molar-refractivity contribution in [3.05, 3.63) is 0 Å². The molecule has 0 saturated heterocycles. The lowest BCUT2D eigenvalue weighted by Crippen LogP contribution is -2.40. The quantitative estimate of drug-likeness (QED) is 0.532. The van der Waals surface area contributed by atoms with Crippen LogP contribution in [0.25, 0.3) is 0 Å². The van der Waals surface area contributed by atoms with Gasteiger partial charge in [-0.1, -0.05) is 0 Å². The molecule has 1 amide bonds. The molecule has 0 spiro atoms. The highest BCUT2D eigenvalue weighted by Crippen LogP contribution is 2.08. The fourth-order valence-corrected chi connectivity index (χ4v) is 0.725. The Bertz CT molecular complexity index is 291. The van der Waals surface area contributed by atoms with E-state index in [9.17, 15) is 14.4 Å². The number of carbonyl (C=O) groups is 3. The highest BCUT2D eigenvalue weighted by Gasteiger charge is 2.24. The topological polar surface area (TPSA) is 113 Å². The van der Waals surface area contributed by atoms with E-state index in [-0.39, 0.29) is 0 Å². The molecule has 0 bridgehead atoms. The molecular weight excluding hydrogens is 234 g/mol. The molecule has 2 N–H and O–H groups in total. The van der Waals surface area contributed by atoms with Crippen LogP contribution in [0, 0.1) is 0 Å². The smallest absolute Gasteiger partial charge is 0.442 e. The number of rotatable bonds is 5. The largest absolute Gasteiger partial charge is 0.480 e. The van der Waals surface area contributed by atoms with Gasteiger partial charge >= 0.3 is 18.0 Å². The molecule has 0 unspecified atom stereocenters. The lowest BCUT2D eigenvalue weighted by atomic mass is 10.2. The Morgan fingerprint density at radius 3 is 1.76 bits per heavy atom. The fourth-order valence-electron chi connectivity index (χ4n) is 0.725. The van der Waals surface area contributed by atoms with Crippen molar-refractivity contribution in [2.24, 2.45) is 0 Å². The van der Waals surface area contributed by atoms with Crippen LogP contribution in [0.4, 0.5) is 4.79 Å². The molecule has 8 nitrogen and oxygen atoms in total. The fraction of sp³-hybridized carbons (Fsp3) is 0.667. The van der Waals surface area contributed by atoms with E-state index < -0.39 is 36.7 Å². The molecule has 17 heavy (non-hydrogen) atoms. The van der Waals surface area contributed by atoms with Crippen LogP contribution in [-0.2, 0) is 19.4 Å². The van der Waals surface area contributed by atoms with Gasteiger partial charge in [-0.3, -0.25) is 19.4 Å². The third-order valence-electron chi connectivity index (χ3n) is 1.27. The number of hydrogen-bond donors (Lipinski definition) is 2. The second-order valence-corrected chi connectivity index (χ2v) is 4.19. The minimum atomic E-state index is -1.35. The summed E-state index contributed by atoms with van der Waals surface area (Å²) < 4.78 is 0. The molecule has 0 aliphatic heterocycles. The Hall–Kier alpha value is -1.83. The van der Waals surface area contributed by atoms with Crippen molar-refractivity contribution in [3.8, 4) is 0 Å². The van der Waals surface area contributed by atoms with Crippen molar-refractivity contribution in [1.29, 1.82) is 0 Å². The second kappa shape index (κ2) is 6.04. The van der Waals surface area contributed by atoms with Crippen LogP contribution in [0.15, 0.2) is 0 Å². The lowest BCUT2D eigenvalue weighted by Gasteiger charge is -2.21. The van der Waals surface area contributed by atoms with E-state index in [1.54, 1.807) is 20.8 Å². The normalized spacial score (nSPS) is 10.8. The summed E-state index contributed by atoms with van der Waals surface area (Å²) >= 11 is 0. The van der Waals surface area contributed by atoms with Gasteiger partial charge in [0.15, 0.2) is 0 Å². The van der Waals surface area contributed by atoms with Crippen molar-refractivity contribution in [1.82, 2.24) is 4.90 Å². The summed E-state index contributed by atoms with van der Waals surface area (Å²) in [5.41, 5.74) is -0.770. The van der Waals surface area contributed by atoms with E-state index in [1.165, 1.54) is 0 Å². The number of aliphatic carboxylic acids is 2. The Balaban J connectivity index is 4.42. The number of carboxylic acids is 2. The van der Waals surface area contributed by atoms with Crippen LogP contribution in [-0.4, -0.2) is 51.8 Å². The number of amides is 1. The average molecular weight is 249 g/mol. The van der Waals surface area contributed by atoms with Crippen LogP contribution >= 0.6 is 0 Å². The van der Waals surface area contributed by atoms with Gasteiger partial charge in [0.25, 0.3) is 0 Å². The third kappa shape index (κ3) is 8.03. The Morgan fingerprint density at radius 2 is 1.47 bits per heavy atom. The number of hydrogen-bond acceptors (Lipinski definition) is 5. The molecule has 0 atom stereocenters. The van der Waals surface area contributed by atoms with Crippen LogP contribution in [0.1, 0.15) is 20.8 Å². The van der Waals surface area contributed by atoms with Gasteiger partial charge in [-0.05, 0) is 20.8 Å². The van der Waals surface area contributed by atoms with E-state index in [2.05, 4.69) is 9.78 Å². The molecule has 0 aliphatic carbocycles. The van der Waals surface area contributed by atoms with Gasteiger partial charge < -0.3 is 10.2 Å². The first kappa shape index (κ1) is 15.2. The first-order valence-electron chi connectivity index (χ1n) is 4.70. The number of carboxylic acid groups (broad SMARTS) is 2. The maximum absolute atomic E-state index is 11.3. The van der Waals surface area contributed by atoms with Crippen LogP contribution in [0.2, 0.25) is 0 Å². The summed E-state index contributed by atoms with van der Waals surface area (Å²) in [6.45, 7) is 3.27. The molecule has 0 aromatic rings. The summed E-state index contributed by atoms with van der Waals surface area (Å²) in [6, 6.07) is 0.